The Labute approximate surface area is 93.8 Å². The van der Waals surface area contributed by atoms with Crippen molar-refractivity contribution >= 4 is 0 Å². The van der Waals surface area contributed by atoms with Crippen LogP contribution in [0.15, 0.2) is 0 Å². The van der Waals surface area contributed by atoms with Crippen molar-refractivity contribution in [3.63, 3.8) is 0 Å². The van der Waals surface area contributed by atoms with Crippen molar-refractivity contribution in [2.75, 3.05) is 0 Å². The zero-order valence-electron chi connectivity index (χ0n) is 9.99. The molecule has 0 heterocycles. The third kappa shape index (κ3) is 1.04. The van der Waals surface area contributed by atoms with Gasteiger partial charge in [-0.25, -0.2) is 0 Å². The van der Waals surface area contributed by atoms with Crippen LogP contribution in [0.25, 0.3) is 0 Å². The minimum absolute atomic E-state index is 1.10. The third-order valence-electron chi connectivity index (χ3n) is 6.67. The molecule has 0 bridgehead atoms. The first-order chi connectivity index (χ1) is 7.38. The predicted octanol–water partition coefficient (Wildman–Crippen LogP) is 4.10. The molecule has 7 unspecified atom stereocenters. The van der Waals surface area contributed by atoms with Crippen LogP contribution in [0.1, 0.15) is 51.9 Å². The summed E-state index contributed by atoms with van der Waals surface area (Å²) in [5, 5.41) is 0. The summed E-state index contributed by atoms with van der Waals surface area (Å²) in [6, 6.07) is 0. The first-order valence-corrected chi connectivity index (χ1v) is 7.38. The molecular weight excluding hydrogens is 180 g/mol. The normalized spacial score (nSPS) is 61.0. The number of hydrogen-bond donors (Lipinski definition) is 0. The molecule has 0 spiro atoms. The molecular formula is C15H24. The van der Waals surface area contributed by atoms with Crippen molar-refractivity contribution in [3.8, 4) is 0 Å². The van der Waals surface area contributed by atoms with E-state index in [1.807, 2.05) is 0 Å². The van der Waals surface area contributed by atoms with E-state index < -0.39 is 0 Å². The standard InChI is InChI=1S/C15H24/c1-2-9-3-4-10(7-9)14-12-6-5-11-8-13(14)15(11)12/h9-15H,2-8H2,1H3. The van der Waals surface area contributed by atoms with Crippen LogP contribution in [0.4, 0.5) is 0 Å². The highest BCUT2D eigenvalue weighted by atomic mass is 14.7. The average Bonchev–Trinajstić information content (AvgIpc) is 2.70. The van der Waals surface area contributed by atoms with Crippen LogP contribution in [0, 0.1) is 41.4 Å². The second kappa shape index (κ2) is 3.02. The first kappa shape index (κ1) is 9.07. The quantitative estimate of drug-likeness (QED) is 0.635. The molecule has 0 saturated heterocycles. The topological polar surface area (TPSA) is 0 Å². The number of hydrogen-bond acceptors (Lipinski definition) is 0. The van der Waals surface area contributed by atoms with Gasteiger partial charge in [-0.1, -0.05) is 19.8 Å². The molecule has 0 heteroatoms. The molecule has 4 rings (SSSR count). The predicted molar refractivity (Wildman–Crippen MR) is 62.4 cm³/mol. The van der Waals surface area contributed by atoms with Gasteiger partial charge in [0.1, 0.15) is 0 Å². The van der Waals surface area contributed by atoms with Crippen LogP contribution in [0.3, 0.4) is 0 Å². The van der Waals surface area contributed by atoms with Gasteiger partial charge < -0.3 is 0 Å². The van der Waals surface area contributed by atoms with Crippen LogP contribution >= 0.6 is 0 Å². The zero-order chi connectivity index (χ0) is 9.99. The van der Waals surface area contributed by atoms with Crippen molar-refractivity contribution in [2.45, 2.75) is 51.9 Å². The van der Waals surface area contributed by atoms with Crippen molar-refractivity contribution in [1.82, 2.24) is 0 Å². The molecule has 84 valence electrons. The lowest BCUT2D eigenvalue weighted by molar-refractivity contribution is -0.135. The van der Waals surface area contributed by atoms with E-state index in [-0.39, 0.29) is 0 Å². The molecule has 0 radical (unpaired) electrons. The highest BCUT2D eigenvalue weighted by molar-refractivity contribution is 5.13. The molecule has 4 aliphatic carbocycles. The minimum atomic E-state index is 1.10. The Hall–Kier alpha value is 0. The van der Waals surface area contributed by atoms with Crippen molar-refractivity contribution in [1.29, 1.82) is 0 Å². The van der Waals surface area contributed by atoms with Crippen LogP contribution in [-0.4, -0.2) is 0 Å². The fourth-order valence-electron chi connectivity index (χ4n) is 5.96. The second-order valence-corrected chi connectivity index (χ2v) is 6.90. The monoisotopic (exact) mass is 204 g/mol. The van der Waals surface area contributed by atoms with E-state index in [2.05, 4.69) is 6.92 Å². The van der Waals surface area contributed by atoms with Gasteiger partial charge in [0.25, 0.3) is 0 Å². The Balaban J connectivity index is 1.47. The van der Waals surface area contributed by atoms with Gasteiger partial charge in [-0.05, 0) is 73.5 Å². The summed E-state index contributed by atoms with van der Waals surface area (Å²) in [7, 11) is 0. The lowest BCUT2D eigenvalue weighted by Gasteiger charge is -2.61. The van der Waals surface area contributed by atoms with Gasteiger partial charge in [-0.3, -0.25) is 0 Å². The van der Waals surface area contributed by atoms with E-state index in [0.29, 0.717) is 0 Å². The van der Waals surface area contributed by atoms with Gasteiger partial charge in [-0.15, -0.1) is 0 Å². The van der Waals surface area contributed by atoms with Crippen LogP contribution in [-0.2, 0) is 0 Å². The summed E-state index contributed by atoms with van der Waals surface area (Å²) in [5.74, 6) is 8.38. The molecule has 0 aromatic heterocycles. The van der Waals surface area contributed by atoms with E-state index >= 15 is 0 Å². The van der Waals surface area contributed by atoms with Crippen molar-refractivity contribution in [3.05, 3.63) is 0 Å². The van der Waals surface area contributed by atoms with Gasteiger partial charge in [0.15, 0.2) is 0 Å². The Morgan fingerprint density at radius 1 is 0.800 bits per heavy atom. The van der Waals surface area contributed by atoms with Crippen LogP contribution in [0.5, 0.6) is 0 Å². The molecule has 4 aliphatic rings. The first-order valence-electron chi connectivity index (χ1n) is 7.38. The molecule has 0 aliphatic heterocycles. The van der Waals surface area contributed by atoms with Crippen molar-refractivity contribution < 1.29 is 0 Å². The van der Waals surface area contributed by atoms with Crippen LogP contribution < -0.4 is 0 Å². The smallest absolute Gasteiger partial charge is 0.0323 e. The summed E-state index contributed by atoms with van der Waals surface area (Å²) in [4.78, 5) is 0. The zero-order valence-corrected chi connectivity index (χ0v) is 9.99. The maximum Gasteiger partial charge on any atom is -0.0323 e. The van der Waals surface area contributed by atoms with Crippen molar-refractivity contribution in [2.24, 2.45) is 41.4 Å². The summed E-state index contributed by atoms with van der Waals surface area (Å²) >= 11 is 0. The van der Waals surface area contributed by atoms with Gasteiger partial charge >= 0.3 is 0 Å². The molecule has 15 heavy (non-hydrogen) atoms. The van der Waals surface area contributed by atoms with Gasteiger partial charge in [0, 0.05) is 0 Å². The van der Waals surface area contributed by atoms with Crippen LogP contribution in [0.2, 0.25) is 0 Å². The third-order valence-corrected chi connectivity index (χ3v) is 6.67. The molecule has 0 N–H and O–H groups in total. The van der Waals surface area contributed by atoms with Gasteiger partial charge in [-0.2, -0.15) is 0 Å². The average molecular weight is 204 g/mol. The summed E-state index contributed by atoms with van der Waals surface area (Å²) in [5.41, 5.74) is 0. The summed E-state index contributed by atoms with van der Waals surface area (Å²) in [6.07, 6.45) is 11.1. The number of rotatable bonds is 2. The van der Waals surface area contributed by atoms with Gasteiger partial charge in [0.05, 0.1) is 0 Å². The maximum atomic E-state index is 2.39. The minimum Gasteiger partial charge on any atom is -0.0651 e. The summed E-state index contributed by atoms with van der Waals surface area (Å²) in [6.45, 7) is 2.39. The second-order valence-electron chi connectivity index (χ2n) is 6.90. The van der Waals surface area contributed by atoms with E-state index in [9.17, 15) is 0 Å². The molecule has 0 nitrogen and oxygen atoms in total. The van der Waals surface area contributed by atoms with E-state index in [1.54, 1.807) is 38.5 Å². The Bertz CT molecular complexity index is 269. The molecule has 0 aromatic rings. The lowest BCUT2D eigenvalue weighted by atomic mass is 9.43. The van der Waals surface area contributed by atoms with E-state index in [4.69, 9.17) is 0 Å². The van der Waals surface area contributed by atoms with E-state index in [0.717, 1.165) is 5.92 Å². The Morgan fingerprint density at radius 2 is 1.53 bits per heavy atom. The highest BCUT2D eigenvalue weighted by Crippen LogP contribution is 2.71. The highest BCUT2D eigenvalue weighted by Gasteiger charge is 2.64. The molecule has 0 aromatic carbocycles. The largest absolute Gasteiger partial charge is 0.0651 e. The molecule has 0 amide bonds. The van der Waals surface area contributed by atoms with E-state index in [1.165, 1.54) is 41.9 Å². The fraction of sp³-hybridized carbons (Fsp3) is 1.00. The molecule has 7 atom stereocenters. The Kier molecular flexibility index (Phi) is 1.83. The molecule has 4 fully saturated rings. The maximum absolute atomic E-state index is 2.39. The van der Waals surface area contributed by atoms with Gasteiger partial charge in [0.2, 0.25) is 0 Å². The SMILES string of the molecule is CCC1CCC(C2C3CCC4CC2C43)C1. The Morgan fingerprint density at radius 3 is 2.27 bits per heavy atom. The molecule has 4 saturated carbocycles. The lowest BCUT2D eigenvalue weighted by Crippen LogP contribution is -2.56. The summed E-state index contributed by atoms with van der Waals surface area (Å²) < 4.78 is 0. The fourth-order valence-corrected chi connectivity index (χ4v) is 5.96.